The Balaban J connectivity index is 2.20. The van der Waals surface area contributed by atoms with Gasteiger partial charge >= 0.3 is 0 Å². The van der Waals surface area contributed by atoms with E-state index in [4.69, 9.17) is 0 Å². The van der Waals surface area contributed by atoms with Crippen LogP contribution in [0.1, 0.15) is 52.5 Å². The Bertz CT molecular complexity index is 427. The monoisotopic (exact) mass is 288 g/mol. The van der Waals surface area contributed by atoms with E-state index in [-0.39, 0.29) is 0 Å². The van der Waals surface area contributed by atoms with Crippen LogP contribution in [-0.4, -0.2) is 25.2 Å². The summed E-state index contributed by atoms with van der Waals surface area (Å²) in [6.07, 6.45) is 4.88. The van der Waals surface area contributed by atoms with Gasteiger partial charge in [0.25, 0.3) is 0 Å². The zero-order valence-electron chi connectivity index (χ0n) is 14.2. The van der Waals surface area contributed by atoms with E-state index in [1.807, 2.05) is 0 Å². The maximum atomic E-state index is 3.76. The van der Waals surface area contributed by atoms with Crippen molar-refractivity contribution in [3.05, 3.63) is 29.8 Å². The molecule has 0 spiro atoms. The predicted molar refractivity (Wildman–Crippen MR) is 93.1 cm³/mol. The van der Waals surface area contributed by atoms with E-state index in [1.165, 1.54) is 36.9 Å². The van der Waals surface area contributed by atoms with Crippen molar-refractivity contribution in [3.8, 4) is 0 Å². The Hall–Kier alpha value is -1.02. The molecule has 1 fully saturated rings. The largest absolute Gasteiger partial charge is 0.365 e. The molecular weight excluding hydrogens is 256 g/mol. The second-order valence-corrected chi connectivity index (χ2v) is 6.83. The van der Waals surface area contributed by atoms with Crippen molar-refractivity contribution >= 4 is 5.69 Å². The summed E-state index contributed by atoms with van der Waals surface area (Å²) < 4.78 is 0. The molecule has 1 aromatic carbocycles. The molecule has 0 amide bonds. The van der Waals surface area contributed by atoms with Crippen LogP contribution in [0.15, 0.2) is 24.3 Å². The molecule has 1 aromatic rings. The van der Waals surface area contributed by atoms with Gasteiger partial charge in [0.15, 0.2) is 0 Å². The van der Waals surface area contributed by atoms with E-state index in [0.29, 0.717) is 12.1 Å². The molecule has 2 unspecified atom stereocenters. The zero-order valence-corrected chi connectivity index (χ0v) is 14.2. The van der Waals surface area contributed by atoms with Gasteiger partial charge in [-0.05, 0) is 36.8 Å². The fraction of sp³-hybridized carbons (Fsp3) is 0.684. The van der Waals surface area contributed by atoms with Crippen LogP contribution in [0.4, 0.5) is 5.69 Å². The molecule has 1 aliphatic rings. The summed E-state index contributed by atoms with van der Waals surface area (Å²) in [5, 5.41) is 3.76. The van der Waals surface area contributed by atoms with Crippen LogP contribution < -0.4 is 10.2 Å². The zero-order chi connectivity index (χ0) is 15.2. The lowest BCUT2D eigenvalue weighted by atomic mass is 9.97. The Morgan fingerprint density at radius 1 is 1.24 bits per heavy atom. The number of para-hydroxylation sites is 1. The molecule has 2 nitrogen and oxygen atoms in total. The van der Waals surface area contributed by atoms with Crippen LogP contribution in [0.25, 0.3) is 0 Å². The van der Waals surface area contributed by atoms with Crippen molar-refractivity contribution < 1.29 is 0 Å². The minimum Gasteiger partial charge on any atom is -0.365 e. The van der Waals surface area contributed by atoms with Crippen molar-refractivity contribution in [2.24, 2.45) is 5.92 Å². The SMILES string of the molecule is CCCc1ccccc1N1CC(CC(C)C)NCC1CC. The second-order valence-electron chi connectivity index (χ2n) is 6.83. The smallest absolute Gasteiger partial charge is 0.0412 e. The van der Waals surface area contributed by atoms with Gasteiger partial charge in [0.1, 0.15) is 0 Å². The molecule has 118 valence electrons. The molecule has 1 saturated heterocycles. The topological polar surface area (TPSA) is 15.3 Å². The fourth-order valence-electron chi connectivity index (χ4n) is 3.52. The van der Waals surface area contributed by atoms with Crippen LogP contribution in [0.3, 0.4) is 0 Å². The van der Waals surface area contributed by atoms with Gasteiger partial charge in [-0.1, -0.05) is 52.3 Å². The number of rotatable bonds is 6. The highest BCUT2D eigenvalue weighted by Crippen LogP contribution is 2.27. The first kappa shape index (κ1) is 16.4. The summed E-state index contributed by atoms with van der Waals surface area (Å²) in [5.41, 5.74) is 2.99. The van der Waals surface area contributed by atoms with Crippen molar-refractivity contribution in [2.45, 2.75) is 65.5 Å². The molecule has 1 heterocycles. The van der Waals surface area contributed by atoms with Gasteiger partial charge in [-0.25, -0.2) is 0 Å². The predicted octanol–water partition coefficient (Wildman–Crippen LogP) is 4.24. The Morgan fingerprint density at radius 3 is 2.67 bits per heavy atom. The van der Waals surface area contributed by atoms with Gasteiger partial charge in [-0.2, -0.15) is 0 Å². The molecule has 0 radical (unpaired) electrons. The van der Waals surface area contributed by atoms with Crippen LogP contribution in [0.5, 0.6) is 0 Å². The van der Waals surface area contributed by atoms with Gasteiger partial charge < -0.3 is 10.2 Å². The minimum absolute atomic E-state index is 0.627. The molecule has 2 heteroatoms. The summed E-state index contributed by atoms with van der Waals surface area (Å²) >= 11 is 0. The van der Waals surface area contributed by atoms with Gasteiger partial charge in [-0.3, -0.25) is 0 Å². The Labute approximate surface area is 130 Å². The lowest BCUT2D eigenvalue weighted by molar-refractivity contribution is 0.343. The van der Waals surface area contributed by atoms with E-state index in [9.17, 15) is 0 Å². The lowest BCUT2D eigenvalue weighted by Gasteiger charge is -2.43. The maximum absolute atomic E-state index is 3.76. The summed E-state index contributed by atoms with van der Waals surface area (Å²) in [6, 6.07) is 10.3. The molecule has 0 aromatic heterocycles. The van der Waals surface area contributed by atoms with E-state index in [2.05, 4.69) is 62.2 Å². The van der Waals surface area contributed by atoms with E-state index >= 15 is 0 Å². The number of hydrogen-bond donors (Lipinski definition) is 1. The lowest BCUT2D eigenvalue weighted by Crippen LogP contribution is -2.57. The molecule has 0 aliphatic carbocycles. The molecule has 0 bridgehead atoms. The highest BCUT2D eigenvalue weighted by molar-refractivity contribution is 5.55. The third-order valence-electron chi connectivity index (χ3n) is 4.55. The third-order valence-corrected chi connectivity index (χ3v) is 4.55. The number of nitrogens with one attached hydrogen (secondary N) is 1. The summed E-state index contributed by atoms with van der Waals surface area (Å²) in [5.74, 6) is 0.758. The average molecular weight is 288 g/mol. The normalized spacial score (nSPS) is 22.8. The maximum Gasteiger partial charge on any atom is 0.0412 e. The van der Waals surface area contributed by atoms with Crippen molar-refractivity contribution in [2.75, 3.05) is 18.0 Å². The van der Waals surface area contributed by atoms with Crippen LogP contribution in [0, 0.1) is 5.92 Å². The van der Waals surface area contributed by atoms with Crippen molar-refractivity contribution in [3.63, 3.8) is 0 Å². The van der Waals surface area contributed by atoms with Crippen molar-refractivity contribution in [1.82, 2.24) is 5.32 Å². The number of anilines is 1. The minimum atomic E-state index is 0.627. The Morgan fingerprint density at radius 2 is 2.00 bits per heavy atom. The number of nitrogens with zero attached hydrogens (tertiary/aromatic N) is 1. The Kier molecular flexibility index (Phi) is 6.10. The highest BCUT2D eigenvalue weighted by Gasteiger charge is 2.28. The quantitative estimate of drug-likeness (QED) is 0.842. The molecule has 2 atom stereocenters. The first-order chi connectivity index (χ1) is 10.2. The van der Waals surface area contributed by atoms with Gasteiger partial charge in [-0.15, -0.1) is 0 Å². The van der Waals surface area contributed by atoms with Crippen LogP contribution in [0.2, 0.25) is 0 Å². The van der Waals surface area contributed by atoms with Gasteiger partial charge in [0.05, 0.1) is 0 Å². The summed E-state index contributed by atoms with van der Waals surface area (Å²) in [4.78, 5) is 2.68. The summed E-state index contributed by atoms with van der Waals surface area (Å²) in [7, 11) is 0. The van der Waals surface area contributed by atoms with E-state index in [1.54, 1.807) is 0 Å². The molecular formula is C19H32N2. The highest BCUT2D eigenvalue weighted by atomic mass is 15.2. The molecule has 0 saturated carbocycles. The second kappa shape index (κ2) is 7.84. The standard InChI is InChI=1S/C19H32N2/c1-5-9-16-10-7-8-11-19(16)21-14-17(12-15(3)4)20-13-18(21)6-2/h7-8,10-11,15,17-18,20H,5-6,9,12-14H2,1-4H3. The number of benzene rings is 1. The van der Waals surface area contributed by atoms with Crippen molar-refractivity contribution in [1.29, 1.82) is 0 Å². The number of aryl methyl sites for hydroxylation is 1. The fourth-order valence-corrected chi connectivity index (χ4v) is 3.52. The van der Waals surface area contributed by atoms with E-state index in [0.717, 1.165) is 19.0 Å². The van der Waals surface area contributed by atoms with Gasteiger partial charge in [0, 0.05) is 30.9 Å². The van der Waals surface area contributed by atoms with Gasteiger partial charge in [0.2, 0.25) is 0 Å². The number of hydrogen-bond acceptors (Lipinski definition) is 2. The molecule has 21 heavy (non-hydrogen) atoms. The molecule has 1 N–H and O–H groups in total. The van der Waals surface area contributed by atoms with Crippen LogP contribution >= 0.6 is 0 Å². The van der Waals surface area contributed by atoms with Crippen LogP contribution in [-0.2, 0) is 6.42 Å². The average Bonchev–Trinajstić information content (AvgIpc) is 2.47. The third kappa shape index (κ3) is 4.23. The molecule has 1 aliphatic heterocycles. The van der Waals surface area contributed by atoms with E-state index < -0.39 is 0 Å². The first-order valence-electron chi connectivity index (χ1n) is 8.73. The summed E-state index contributed by atoms with van der Waals surface area (Å²) in [6.45, 7) is 11.5. The number of piperazine rings is 1. The first-order valence-corrected chi connectivity index (χ1v) is 8.73. The molecule has 2 rings (SSSR count).